The van der Waals surface area contributed by atoms with Gasteiger partial charge in [0.2, 0.25) is 5.91 Å². The summed E-state index contributed by atoms with van der Waals surface area (Å²) < 4.78 is 0. The minimum Gasteiger partial charge on any atom is -0.352 e. The van der Waals surface area contributed by atoms with Gasteiger partial charge in [-0.05, 0) is 18.2 Å². The van der Waals surface area contributed by atoms with Gasteiger partial charge in [0.05, 0.1) is 4.92 Å². The number of hydrogen-bond acceptors (Lipinski definition) is 4. The topological polar surface area (TPSA) is 101 Å². The van der Waals surface area contributed by atoms with Crippen molar-refractivity contribution in [2.75, 3.05) is 11.9 Å². The zero-order valence-electron chi connectivity index (χ0n) is 12.2. The maximum Gasteiger partial charge on any atom is 0.271 e. The van der Waals surface area contributed by atoms with Crippen molar-refractivity contribution in [3.05, 3.63) is 70.3 Å². The molecule has 7 heteroatoms. The van der Waals surface area contributed by atoms with Crippen molar-refractivity contribution in [2.24, 2.45) is 0 Å². The molecule has 0 heterocycles. The minimum atomic E-state index is -0.532. The van der Waals surface area contributed by atoms with E-state index < -0.39 is 4.92 Å². The number of nitrogens with one attached hydrogen (secondary N) is 2. The lowest BCUT2D eigenvalue weighted by molar-refractivity contribution is -0.384. The number of rotatable bonds is 6. The second-order valence-electron chi connectivity index (χ2n) is 4.73. The van der Waals surface area contributed by atoms with Gasteiger partial charge in [-0.25, -0.2) is 0 Å². The van der Waals surface area contributed by atoms with Gasteiger partial charge in [0.25, 0.3) is 11.6 Å². The number of hydrogen-bond donors (Lipinski definition) is 2. The summed E-state index contributed by atoms with van der Waals surface area (Å²) in [6, 6.07) is 14.3. The second-order valence-corrected chi connectivity index (χ2v) is 4.73. The van der Waals surface area contributed by atoms with Crippen LogP contribution in [0.25, 0.3) is 0 Å². The van der Waals surface area contributed by atoms with Crippen LogP contribution >= 0.6 is 0 Å². The molecule has 0 bridgehead atoms. The number of non-ortho nitro benzene ring substituents is 1. The molecule has 0 unspecified atom stereocenters. The summed E-state index contributed by atoms with van der Waals surface area (Å²) in [5.74, 6) is -0.590. The van der Waals surface area contributed by atoms with Crippen LogP contribution in [0.1, 0.15) is 16.8 Å². The average Bonchev–Trinajstić information content (AvgIpc) is 2.55. The van der Waals surface area contributed by atoms with E-state index in [1.54, 1.807) is 30.3 Å². The highest BCUT2D eigenvalue weighted by Gasteiger charge is 2.09. The van der Waals surface area contributed by atoms with Gasteiger partial charge in [-0.1, -0.05) is 24.3 Å². The number of nitrogens with zero attached hydrogens (tertiary/aromatic N) is 1. The number of carbonyl (C=O) groups is 2. The Labute approximate surface area is 132 Å². The van der Waals surface area contributed by atoms with Gasteiger partial charge in [0.1, 0.15) is 0 Å². The molecule has 0 spiro atoms. The van der Waals surface area contributed by atoms with Crippen LogP contribution in [-0.4, -0.2) is 23.3 Å². The number of nitro groups is 1. The monoisotopic (exact) mass is 313 g/mol. The van der Waals surface area contributed by atoms with Crippen LogP contribution in [0, 0.1) is 10.1 Å². The Morgan fingerprint density at radius 2 is 1.78 bits per heavy atom. The number of benzene rings is 2. The molecule has 0 fully saturated rings. The average molecular weight is 313 g/mol. The third kappa shape index (κ3) is 4.92. The van der Waals surface area contributed by atoms with Gasteiger partial charge < -0.3 is 10.6 Å². The Morgan fingerprint density at radius 1 is 1.04 bits per heavy atom. The first-order valence-corrected chi connectivity index (χ1v) is 6.94. The Bertz CT molecular complexity index is 716. The SMILES string of the molecule is O=C(CCNC(=O)c1ccccc1)Nc1cccc([N+](=O)[O-])c1. The van der Waals surface area contributed by atoms with Crippen LogP contribution in [0.5, 0.6) is 0 Å². The van der Waals surface area contributed by atoms with E-state index in [-0.39, 0.29) is 30.5 Å². The molecule has 0 aliphatic heterocycles. The van der Waals surface area contributed by atoms with E-state index in [2.05, 4.69) is 10.6 Å². The molecular formula is C16H15N3O4. The highest BCUT2D eigenvalue weighted by Crippen LogP contribution is 2.16. The van der Waals surface area contributed by atoms with Gasteiger partial charge >= 0.3 is 0 Å². The summed E-state index contributed by atoms with van der Waals surface area (Å²) in [6.07, 6.45) is 0.0707. The second kappa shape index (κ2) is 7.69. The third-order valence-electron chi connectivity index (χ3n) is 3.01. The quantitative estimate of drug-likeness (QED) is 0.631. The van der Waals surface area contributed by atoms with Crippen molar-refractivity contribution in [1.82, 2.24) is 5.32 Å². The fourth-order valence-corrected chi connectivity index (χ4v) is 1.90. The van der Waals surface area contributed by atoms with Crippen molar-refractivity contribution in [3.8, 4) is 0 Å². The first-order valence-electron chi connectivity index (χ1n) is 6.94. The highest BCUT2D eigenvalue weighted by atomic mass is 16.6. The van der Waals surface area contributed by atoms with Crippen LogP contribution in [0.3, 0.4) is 0 Å². The van der Waals surface area contributed by atoms with E-state index in [1.165, 1.54) is 18.2 Å². The molecule has 2 amide bonds. The molecular weight excluding hydrogens is 298 g/mol. The summed E-state index contributed by atoms with van der Waals surface area (Å²) in [5, 5.41) is 15.9. The molecule has 2 aromatic rings. The molecule has 118 valence electrons. The summed E-state index contributed by atoms with van der Waals surface area (Å²) in [6.45, 7) is 0.175. The lowest BCUT2D eigenvalue weighted by atomic mass is 10.2. The van der Waals surface area contributed by atoms with E-state index in [9.17, 15) is 19.7 Å². The number of anilines is 1. The maximum atomic E-state index is 11.8. The van der Waals surface area contributed by atoms with Crippen LogP contribution < -0.4 is 10.6 Å². The Balaban J connectivity index is 1.80. The number of nitro benzene ring substituents is 1. The van der Waals surface area contributed by atoms with Crippen LogP contribution in [0.4, 0.5) is 11.4 Å². The summed E-state index contributed by atoms with van der Waals surface area (Å²) in [4.78, 5) is 33.7. The molecule has 0 atom stereocenters. The van der Waals surface area contributed by atoms with Crippen LogP contribution in [0.15, 0.2) is 54.6 Å². The first-order chi connectivity index (χ1) is 11.1. The van der Waals surface area contributed by atoms with E-state index in [0.717, 1.165) is 0 Å². The molecule has 0 saturated carbocycles. The molecule has 2 rings (SSSR count). The Hall–Kier alpha value is -3.22. The zero-order chi connectivity index (χ0) is 16.7. The predicted octanol–water partition coefficient (Wildman–Crippen LogP) is 2.35. The van der Waals surface area contributed by atoms with Gasteiger partial charge in [-0.15, -0.1) is 0 Å². The molecule has 2 N–H and O–H groups in total. The fraction of sp³-hybridized carbons (Fsp3) is 0.125. The minimum absolute atomic E-state index is 0.0707. The van der Waals surface area contributed by atoms with Gasteiger partial charge in [-0.2, -0.15) is 0 Å². The van der Waals surface area contributed by atoms with Crippen molar-refractivity contribution >= 4 is 23.2 Å². The Kier molecular flexibility index (Phi) is 5.40. The summed E-state index contributed by atoms with van der Waals surface area (Å²) in [7, 11) is 0. The van der Waals surface area contributed by atoms with E-state index >= 15 is 0 Å². The predicted molar refractivity (Wildman–Crippen MR) is 85.1 cm³/mol. The standard InChI is InChI=1S/C16H15N3O4/c20-15(18-13-7-4-8-14(11-13)19(22)23)9-10-17-16(21)12-5-2-1-3-6-12/h1-8,11H,9-10H2,(H,17,21)(H,18,20). The lowest BCUT2D eigenvalue weighted by Crippen LogP contribution is -2.27. The largest absolute Gasteiger partial charge is 0.352 e. The van der Waals surface area contributed by atoms with Crippen molar-refractivity contribution in [3.63, 3.8) is 0 Å². The molecule has 0 aliphatic rings. The maximum absolute atomic E-state index is 11.8. The normalized spacial score (nSPS) is 9.91. The molecule has 0 aliphatic carbocycles. The molecule has 0 saturated heterocycles. The van der Waals surface area contributed by atoms with Crippen molar-refractivity contribution in [1.29, 1.82) is 0 Å². The summed E-state index contributed by atoms with van der Waals surface area (Å²) >= 11 is 0. The highest BCUT2D eigenvalue weighted by molar-refractivity contribution is 5.95. The van der Waals surface area contributed by atoms with E-state index in [0.29, 0.717) is 11.3 Å². The van der Waals surface area contributed by atoms with Crippen LogP contribution in [0.2, 0.25) is 0 Å². The molecule has 2 aromatic carbocycles. The number of carbonyl (C=O) groups excluding carboxylic acids is 2. The molecule has 0 radical (unpaired) electrons. The number of amides is 2. The van der Waals surface area contributed by atoms with Gasteiger partial charge in [0.15, 0.2) is 0 Å². The molecule has 7 nitrogen and oxygen atoms in total. The fourth-order valence-electron chi connectivity index (χ4n) is 1.90. The molecule has 23 heavy (non-hydrogen) atoms. The van der Waals surface area contributed by atoms with Gasteiger partial charge in [0, 0.05) is 36.3 Å². The van der Waals surface area contributed by atoms with E-state index in [1.807, 2.05) is 6.07 Å². The van der Waals surface area contributed by atoms with Gasteiger partial charge in [-0.3, -0.25) is 19.7 Å². The lowest BCUT2D eigenvalue weighted by Gasteiger charge is -2.07. The zero-order valence-corrected chi connectivity index (χ0v) is 12.2. The Morgan fingerprint density at radius 3 is 2.48 bits per heavy atom. The third-order valence-corrected chi connectivity index (χ3v) is 3.01. The van der Waals surface area contributed by atoms with Crippen molar-refractivity contribution < 1.29 is 14.5 Å². The molecule has 0 aromatic heterocycles. The first kappa shape index (κ1) is 16.2. The van der Waals surface area contributed by atoms with Crippen molar-refractivity contribution in [2.45, 2.75) is 6.42 Å². The van der Waals surface area contributed by atoms with Crippen LogP contribution in [-0.2, 0) is 4.79 Å². The summed E-state index contributed by atoms with van der Waals surface area (Å²) in [5.41, 5.74) is 0.769. The van der Waals surface area contributed by atoms with E-state index in [4.69, 9.17) is 0 Å². The smallest absolute Gasteiger partial charge is 0.271 e.